The summed E-state index contributed by atoms with van der Waals surface area (Å²) < 4.78 is 11.2. The normalized spacial score (nSPS) is 16.6. The average molecular weight is 357 g/mol. The second-order valence-corrected chi connectivity index (χ2v) is 7.05. The Balaban J connectivity index is 1.38. The lowest BCUT2D eigenvalue weighted by Gasteiger charge is -2.11. The van der Waals surface area contributed by atoms with Crippen LogP contribution in [0.5, 0.6) is 5.75 Å². The summed E-state index contributed by atoms with van der Waals surface area (Å²) in [7, 11) is 0. The Labute approximate surface area is 152 Å². The third-order valence-corrected chi connectivity index (χ3v) is 4.97. The van der Waals surface area contributed by atoms with Crippen molar-refractivity contribution in [2.75, 3.05) is 25.5 Å². The molecule has 2 aromatic rings. The van der Waals surface area contributed by atoms with E-state index in [4.69, 9.17) is 9.47 Å². The molecule has 2 aromatic carbocycles. The number of hydrogen-bond acceptors (Lipinski definition) is 4. The van der Waals surface area contributed by atoms with Gasteiger partial charge in [0.25, 0.3) is 5.91 Å². The summed E-state index contributed by atoms with van der Waals surface area (Å²) in [6.45, 7) is 2.01. The first-order valence-corrected chi connectivity index (χ1v) is 9.60. The molecule has 0 saturated carbocycles. The molecule has 0 unspecified atom stereocenters. The molecule has 3 rings (SSSR count). The molecule has 1 fully saturated rings. The molecule has 0 radical (unpaired) electrons. The lowest BCUT2D eigenvalue weighted by Crippen LogP contribution is -2.31. The monoisotopic (exact) mass is 357 g/mol. The molecule has 1 aliphatic rings. The van der Waals surface area contributed by atoms with Crippen LogP contribution in [0.1, 0.15) is 23.2 Å². The molecule has 4 nitrogen and oxygen atoms in total. The maximum absolute atomic E-state index is 12.1. The molecule has 1 N–H and O–H groups in total. The third-order valence-electron chi connectivity index (χ3n) is 3.99. The van der Waals surface area contributed by atoms with Gasteiger partial charge in [0.1, 0.15) is 5.75 Å². The van der Waals surface area contributed by atoms with Gasteiger partial charge in [-0.2, -0.15) is 0 Å². The van der Waals surface area contributed by atoms with Crippen molar-refractivity contribution in [3.63, 3.8) is 0 Å². The summed E-state index contributed by atoms with van der Waals surface area (Å²) in [6, 6.07) is 17.5. The van der Waals surface area contributed by atoms with Crippen LogP contribution in [0.3, 0.4) is 0 Å². The highest BCUT2D eigenvalue weighted by molar-refractivity contribution is 7.99. The fourth-order valence-electron chi connectivity index (χ4n) is 2.65. The van der Waals surface area contributed by atoms with Crippen molar-refractivity contribution in [1.82, 2.24) is 5.32 Å². The van der Waals surface area contributed by atoms with Crippen molar-refractivity contribution in [2.24, 2.45) is 0 Å². The fraction of sp³-hybridized carbons (Fsp3) is 0.350. The van der Waals surface area contributed by atoms with Gasteiger partial charge in [-0.3, -0.25) is 4.79 Å². The van der Waals surface area contributed by atoms with Gasteiger partial charge in [0.15, 0.2) is 0 Å². The molecule has 0 spiro atoms. The number of amides is 1. The van der Waals surface area contributed by atoms with E-state index in [-0.39, 0.29) is 12.0 Å². The van der Waals surface area contributed by atoms with E-state index in [1.807, 2.05) is 30.3 Å². The van der Waals surface area contributed by atoms with Gasteiger partial charge in [0.05, 0.1) is 12.7 Å². The lowest BCUT2D eigenvalue weighted by atomic mass is 10.2. The standard InChI is InChI=1S/C20H23NO3S/c22-20(21-15-18-5-4-12-23-18)16-8-10-17(11-9-16)24-13-14-25-19-6-2-1-3-7-19/h1-3,6-11,18H,4-5,12-15H2,(H,21,22)/t18-/m1/s1. The van der Waals surface area contributed by atoms with Crippen LogP contribution < -0.4 is 10.1 Å². The Morgan fingerprint density at radius 2 is 1.96 bits per heavy atom. The number of benzene rings is 2. The van der Waals surface area contributed by atoms with E-state index < -0.39 is 0 Å². The SMILES string of the molecule is O=C(NC[C@H]1CCCO1)c1ccc(OCCSc2ccccc2)cc1. The molecule has 0 bridgehead atoms. The number of thioether (sulfide) groups is 1. The Morgan fingerprint density at radius 1 is 1.16 bits per heavy atom. The minimum atomic E-state index is -0.0679. The van der Waals surface area contributed by atoms with Gasteiger partial charge in [0, 0.05) is 29.4 Å². The summed E-state index contributed by atoms with van der Waals surface area (Å²) in [6.07, 6.45) is 2.26. The van der Waals surface area contributed by atoms with Crippen molar-refractivity contribution in [2.45, 2.75) is 23.8 Å². The second kappa shape index (κ2) is 9.49. The van der Waals surface area contributed by atoms with Crippen molar-refractivity contribution in [3.05, 3.63) is 60.2 Å². The number of carbonyl (C=O) groups excluding carboxylic acids is 1. The van der Waals surface area contributed by atoms with E-state index in [2.05, 4.69) is 17.4 Å². The van der Waals surface area contributed by atoms with E-state index >= 15 is 0 Å². The maximum Gasteiger partial charge on any atom is 0.251 e. The number of hydrogen-bond donors (Lipinski definition) is 1. The molecule has 1 aliphatic heterocycles. The minimum Gasteiger partial charge on any atom is -0.493 e. The molecule has 1 saturated heterocycles. The highest BCUT2D eigenvalue weighted by atomic mass is 32.2. The number of ether oxygens (including phenoxy) is 2. The molecule has 1 amide bonds. The third kappa shape index (κ3) is 5.80. The van der Waals surface area contributed by atoms with Crippen molar-refractivity contribution < 1.29 is 14.3 Å². The molecule has 0 aliphatic carbocycles. The van der Waals surface area contributed by atoms with E-state index in [1.54, 1.807) is 23.9 Å². The van der Waals surface area contributed by atoms with E-state index in [0.29, 0.717) is 18.7 Å². The summed E-state index contributed by atoms with van der Waals surface area (Å²) in [5, 5.41) is 2.92. The summed E-state index contributed by atoms with van der Waals surface area (Å²) in [5.41, 5.74) is 0.643. The van der Waals surface area contributed by atoms with Crippen LogP contribution in [0.15, 0.2) is 59.5 Å². The van der Waals surface area contributed by atoms with Gasteiger partial charge in [0.2, 0.25) is 0 Å². The van der Waals surface area contributed by atoms with Crippen LogP contribution in [0.4, 0.5) is 0 Å². The maximum atomic E-state index is 12.1. The van der Waals surface area contributed by atoms with E-state index in [1.165, 1.54) is 4.90 Å². The summed E-state index contributed by atoms with van der Waals surface area (Å²) in [5.74, 6) is 1.60. The lowest BCUT2D eigenvalue weighted by molar-refractivity contribution is 0.0858. The molecular weight excluding hydrogens is 334 g/mol. The second-order valence-electron chi connectivity index (χ2n) is 5.88. The molecule has 25 heavy (non-hydrogen) atoms. The predicted octanol–water partition coefficient (Wildman–Crippen LogP) is 3.77. The smallest absolute Gasteiger partial charge is 0.251 e. The van der Waals surface area contributed by atoms with Gasteiger partial charge in [-0.25, -0.2) is 0 Å². The zero-order chi connectivity index (χ0) is 17.3. The molecular formula is C20H23NO3S. The Kier molecular flexibility index (Phi) is 6.77. The predicted molar refractivity (Wildman–Crippen MR) is 100 cm³/mol. The van der Waals surface area contributed by atoms with Gasteiger partial charge in [-0.1, -0.05) is 18.2 Å². The molecule has 5 heteroatoms. The topological polar surface area (TPSA) is 47.6 Å². The Bertz CT molecular complexity index is 654. The fourth-order valence-corrected chi connectivity index (χ4v) is 3.40. The van der Waals surface area contributed by atoms with Gasteiger partial charge < -0.3 is 14.8 Å². The van der Waals surface area contributed by atoms with Crippen LogP contribution in [0.25, 0.3) is 0 Å². The van der Waals surface area contributed by atoms with Gasteiger partial charge >= 0.3 is 0 Å². The first-order chi connectivity index (χ1) is 12.3. The van der Waals surface area contributed by atoms with Crippen LogP contribution in [0.2, 0.25) is 0 Å². The summed E-state index contributed by atoms with van der Waals surface area (Å²) in [4.78, 5) is 13.4. The first-order valence-electron chi connectivity index (χ1n) is 8.62. The van der Waals surface area contributed by atoms with Gasteiger partial charge in [-0.15, -0.1) is 11.8 Å². The van der Waals surface area contributed by atoms with Crippen LogP contribution >= 0.6 is 11.8 Å². The minimum absolute atomic E-state index is 0.0679. The Hall–Kier alpha value is -1.98. The zero-order valence-corrected chi connectivity index (χ0v) is 15.0. The molecule has 1 heterocycles. The number of nitrogens with one attached hydrogen (secondary N) is 1. The highest BCUT2D eigenvalue weighted by Gasteiger charge is 2.16. The Morgan fingerprint density at radius 3 is 2.68 bits per heavy atom. The molecule has 1 atom stereocenters. The highest BCUT2D eigenvalue weighted by Crippen LogP contribution is 2.18. The quantitative estimate of drug-likeness (QED) is 0.577. The number of carbonyl (C=O) groups is 1. The van der Waals surface area contributed by atoms with Crippen molar-refractivity contribution in [3.8, 4) is 5.75 Å². The average Bonchev–Trinajstić information content (AvgIpc) is 3.18. The van der Waals surface area contributed by atoms with Crippen LogP contribution in [-0.2, 0) is 4.74 Å². The van der Waals surface area contributed by atoms with Crippen LogP contribution in [0, 0.1) is 0 Å². The van der Waals surface area contributed by atoms with Gasteiger partial charge in [-0.05, 0) is 49.2 Å². The molecule has 0 aromatic heterocycles. The number of rotatable bonds is 8. The van der Waals surface area contributed by atoms with Crippen molar-refractivity contribution >= 4 is 17.7 Å². The zero-order valence-electron chi connectivity index (χ0n) is 14.1. The van der Waals surface area contributed by atoms with E-state index in [0.717, 1.165) is 31.0 Å². The first kappa shape index (κ1) is 17.8. The van der Waals surface area contributed by atoms with Crippen LogP contribution in [-0.4, -0.2) is 37.5 Å². The largest absolute Gasteiger partial charge is 0.493 e. The summed E-state index contributed by atoms with van der Waals surface area (Å²) >= 11 is 1.77. The van der Waals surface area contributed by atoms with Crippen molar-refractivity contribution in [1.29, 1.82) is 0 Å². The van der Waals surface area contributed by atoms with E-state index in [9.17, 15) is 4.79 Å². The molecule has 132 valence electrons.